The molecule has 96 valence electrons. The lowest BCUT2D eigenvalue weighted by Crippen LogP contribution is -2.30. The van der Waals surface area contributed by atoms with Gasteiger partial charge in [-0.2, -0.15) is 18.3 Å². The first kappa shape index (κ1) is 13.5. The van der Waals surface area contributed by atoms with Gasteiger partial charge in [0.2, 0.25) is 0 Å². The summed E-state index contributed by atoms with van der Waals surface area (Å²) in [6.45, 7) is 0. The Morgan fingerprint density at radius 2 is 2.12 bits per heavy atom. The summed E-state index contributed by atoms with van der Waals surface area (Å²) < 4.78 is 41.3. The van der Waals surface area contributed by atoms with Gasteiger partial charge in [0, 0.05) is 5.56 Å². The van der Waals surface area contributed by atoms with Crippen molar-refractivity contribution in [2.75, 3.05) is 7.11 Å². The van der Waals surface area contributed by atoms with Gasteiger partial charge in [-0.05, 0) is 0 Å². The first-order valence-electron chi connectivity index (χ1n) is 4.33. The van der Waals surface area contributed by atoms with E-state index in [0.717, 1.165) is 7.11 Å². The third-order valence-electron chi connectivity index (χ3n) is 2.01. The number of aromatic nitrogens is 2. The molecule has 1 aromatic heterocycles. The molecule has 2 atom stereocenters. The van der Waals surface area contributed by atoms with Crippen molar-refractivity contribution >= 4 is 5.97 Å². The van der Waals surface area contributed by atoms with Crippen LogP contribution in [0.2, 0.25) is 0 Å². The van der Waals surface area contributed by atoms with Crippen LogP contribution in [-0.4, -0.2) is 39.6 Å². The molecule has 0 amide bonds. The Balaban J connectivity index is 3.01. The minimum absolute atomic E-state index is 0.680. The number of nitrogens with one attached hydrogen (secondary N) is 1. The van der Waals surface area contributed by atoms with Gasteiger partial charge in [0.05, 0.1) is 13.3 Å². The van der Waals surface area contributed by atoms with Crippen molar-refractivity contribution in [3.63, 3.8) is 0 Å². The summed E-state index contributed by atoms with van der Waals surface area (Å²) in [7, 11) is 0.929. The summed E-state index contributed by atoms with van der Waals surface area (Å²) in [6.07, 6.45) is -8.28. The number of methoxy groups -OCH3 is 1. The molecular formula is C8H9F3N2O4. The first-order chi connectivity index (χ1) is 7.79. The number of aliphatic hydroxyl groups is 2. The number of nitrogens with zero attached hydrogens (tertiary/aromatic N) is 1. The van der Waals surface area contributed by atoms with Crippen molar-refractivity contribution < 1.29 is 32.9 Å². The Bertz CT molecular complexity index is 404. The van der Waals surface area contributed by atoms with Crippen molar-refractivity contribution in [1.29, 1.82) is 0 Å². The van der Waals surface area contributed by atoms with Crippen LogP contribution < -0.4 is 0 Å². The Morgan fingerprint density at radius 1 is 1.53 bits per heavy atom. The SMILES string of the molecule is COC(=O)C(O)C(O)c1cn[nH]c1C(F)(F)F. The van der Waals surface area contributed by atoms with Gasteiger partial charge >= 0.3 is 12.1 Å². The van der Waals surface area contributed by atoms with E-state index in [1.165, 1.54) is 0 Å². The van der Waals surface area contributed by atoms with E-state index in [0.29, 0.717) is 6.20 Å². The van der Waals surface area contributed by atoms with Crippen molar-refractivity contribution in [3.05, 3.63) is 17.5 Å². The van der Waals surface area contributed by atoms with Crippen LogP contribution >= 0.6 is 0 Å². The quantitative estimate of drug-likeness (QED) is 0.660. The number of carbonyl (C=O) groups excluding carboxylic acids is 1. The predicted molar refractivity (Wildman–Crippen MR) is 46.6 cm³/mol. The van der Waals surface area contributed by atoms with Crippen molar-refractivity contribution in [2.24, 2.45) is 0 Å². The second-order valence-electron chi connectivity index (χ2n) is 3.11. The molecule has 17 heavy (non-hydrogen) atoms. The van der Waals surface area contributed by atoms with Gasteiger partial charge < -0.3 is 14.9 Å². The number of halogens is 3. The molecule has 1 rings (SSSR count). The number of hydrogen-bond donors (Lipinski definition) is 3. The van der Waals surface area contributed by atoms with Crippen LogP contribution in [0, 0.1) is 0 Å². The number of alkyl halides is 3. The maximum absolute atomic E-state index is 12.4. The molecule has 0 bridgehead atoms. The Labute approximate surface area is 93.0 Å². The highest BCUT2D eigenvalue weighted by molar-refractivity contribution is 5.75. The molecule has 0 saturated heterocycles. The van der Waals surface area contributed by atoms with Gasteiger partial charge in [-0.1, -0.05) is 0 Å². The topological polar surface area (TPSA) is 95.4 Å². The summed E-state index contributed by atoms with van der Waals surface area (Å²) in [4.78, 5) is 10.9. The van der Waals surface area contributed by atoms with E-state index >= 15 is 0 Å². The standard InChI is InChI=1S/C8H9F3N2O4/c1-17-7(16)5(15)4(14)3-2-12-13-6(3)8(9,10)11/h2,4-5,14-15H,1H3,(H,12,13). The van der Waals surface area contributed by atoms with Crippen LogP contribution in [0.15, 0.2) is 6.20 Å². The average molecular weight is 254 g/mol. The van der Waals surface area contributed by atoms with Gasteiger partial charge in [0.15, 0.2) is 6.10 Å². The molecule has 0 spiro atoms. The van der Waals surface area contributed by atoms with Gasteiger partial charge in [-0.25, -0.2) is 4.79 Å². The highest BCUT2D eigenvalue weighted by Crippen LogP contribution is 2.33. The Hall–Kier alpha value is -1.61. The molecule has 0 aliphatic carbocycles. The minimum atomic E-state index is -4.78. The maximum Gasteiger partial charge on any atom is 0.433 e. The molecule has 6 nitrogen and oxygen atoms in total. The number of ether oxygens (including phenoxy) is 1. The van der Waals surface area contributed by atoms with Gasteiger partial charge in [-0.3, -0.25) is 5.10 Å². The molecule has 2 unspecified atom stereocenters. The lowest BCUT2D eigenvalue weighted by molar-refractivity contribution is -0.158. The largest absolute Gasteiger partial charge is 0.467 e. The van der Waals surface area contributed by atoms with Crippen molar-refractivity contribution in [2.45, 2.75) is 18.4 Å². The van der Waals surface area contributed by atoms with E-state index < -0.39 is 35.6 Å². The molecule has 3 N–H and O–H groups in total. The highest BCUT2D eigenvalue weighted by Gasteiger charge is 2.40. The van der Waals surface area contributed by atoms with E-state index in [9.17, 15) is 28.2 Å². The van der Waals surface area contributed by atoms with Crippen molar-refractivity contribution in [1.82, 2.24) is 10.2 Å². The van der Waals surface area contributed by atoms with Crippen LogP contribution in [0.5, 0.6) is 0 Å². The normalized spacial score (nSPS) is 15.4. The summed E-state index contributed by atoms with van der Waals surface area (Å²) in [5.74, 6) is -1.24. The van der Waals surface area contributed by atoms with Crippen molar-refractivity contribution in [3.8, 4) is 0 Å². The number of carbonyl (C=O) groups is 1. The fourth-order valence-electron chi connectivity index (χ4n) is 1.17. The van der Waals surface area contributed by atoms with Gasteiger partial charge in [0.1, 0.15) is 11.8 Å². The third-order valence-corrected chi connectivity index (χ3v) is 2.01. The monoisotopic (exact) mass is 254 g/mol. The first-order valence-corrected chi connectivity index (χ1v) is 4.33. The Morgan fingerprint density at radius 3 is 2.59 bits per heavy atom. The molecule has 1 heterocycles. The van der Waals surface area contributed by atoms with Crippen LogP contribution in [0.1, 0.15) is 17.4 Å². The molecule has 0 fully saturated rings. The molecule has 9 heteroatoms. The van der Waals surface area contributed by atoms with Crippen LogP contribution in [0.3, 0.4) is 0 Å². The average Bonchev–Trinajstić information content (AvgIpc) is 2.74. The smallest absolute Gasteiger partial charge is 0.433 e. The summed E-state index contributed by atoms with van der Waals surface area (Å²) >= 11 is 0. The number of rotatable bonds is 3. The molecule has 0 radical (unpaired) electrons. The van der Waals surface area contributed by atoms with Gasteiger partial charge in [0.25, 0.3) is 0 Å². The zero-order valence-electron chi connectivity index (χ0n) is 8.52. The van der Waals surface area contributed by atoms with Gasteiger partial charge in [-0.15, -0.1) is 0 Å². The molecule has 0 aliphatic rings. The highest BCUT2D eigenvalue weighted by atomic mass is 19.4. The lowest BCUT2D eigenvalue weighted by atomic mass is 10.1. The number of H-pyrrole nitrogens is 1. The number of aromatic amines is 1. The molecule has 0 saturated carbocycles. The number of aliphatic hydroxyl groups excluding tert-OH is 2. The molecule has 0 aliphatic heterocycles. The van der Waals surface area contributed by atoms with E-state index in [2.05, 4.69) is 9.84 Å². The van der Waals surface area contributed by atoms with Crippen LogP contribution in [0.25, 0.3) is 0 Å². The van der Waals surface area contributed by atoms with E-state index in [1.807, 2.05) is 0 Å². The predicted octanol–water partition coefficient (Wildman–Crippen LogP) is -0.00420. The number of esters is 1. The maximum atomic E-state index is 12.4. The zero-order chi connectivity index (χ0) is 13.2. The van der Waals surface area contributed by atoms with Crippen LogP contribution in [0.4, 0.5) is 13.2 Å². The zero-order valence-corrected chi connectivity index (χ0v) is 8.52. The molecule has 1 aromatic rings. The van der Waals surface area contributed by atoms with E-state index in [4.69, 9.17) is 0 Å². The third kappa shape index (κ3) is 2.74. The lowest BCUT2D eigenvalue weighted by Gasteiger charge is -2.16. The fraction of sp³-hybridized carbons (Fsp3) is 0.500. The summed E-state index contributed by atoms with van der Waals surface area (Å²) in [6, 6.07) is 0. The summed E-state index contributed by atoms with van der Waals surface area (Å²) in [5.41, 5.74) is -2.05. The molecule has 0 aromatic carbocycles. The molecular weight excluding hydrogens is 245 g/mol. The second kappa shape index (κ2) is 4.72. The Kier molecular flexibility index (Phi) is 3.73. The van der Waals surface area contributed by atoms with E-state index in [-0.39, 0.29) is 0 Å². The summed E-state index contributed by atoms with van der Waals surface area (Å²) in [5, 5.41) is 23.4. The fourth-order valence-corrected chi connectivity index (χ4v) is 1.17. The second-order valence-corrected chi connectivity index (χ2v) is 3.11. The minimum Gasteiger partial charge on any atom is -0.467 e. The number of hydrogen-bond acceptors (Lipinski definition) is 5. The van der Waals surface area contributed by atoms with Crippen LogP contribution in [-0.2, 0) is 15.7 Å². The van der Waals surface area contributed by atoms with E-state index in [1.54, 1.807) is 5.10 Å².